The summed E-state index contributed by atoms with van der Waals surface area (Å²) in [6.45, 7) is 3.31. The van der Waals surface area contributed by atoms with Crippen molar-refractivity contribution in [3.63, 3.8) is 0 Å². The number of nitrogens with zero attached hydrogens (tertiary/aromatic N) is 3. The maximum atomic E-state index is 4.82. The second-order valence-corrected chi connectivity index (χ2v) is 9.13. The average Bonchev–Trinajstić information content (AvgIpc) is 3.48. The lowest BCUT2D eigenvalue weighted by Gasteiger charge is -2.15. The van der Waals surface area contributed by atoms with Crippen LogP contribution < -0.4 is 10.6 Å². The molecule has 1 saturated heterocycles. The molecule has 4 aromatic rings. The van der Waals surface area contributed by atoms with Gasteiger partial charge in [-0.3, -0.25) is 0 Å². The molecule has 2 atom stereocenters. The zero-order valence-electron chi connectivity index (χ0n) is 17.7. The summed E-state index contributed by atoms with van der Waals surface area (Å²) in [7, 11) is 0. The zero-order valence-corrected chi connectivity index (χ0v) is 18.5. The van der Waals surface area contributed by atoms with E-state index < -0.39 is 0 Å². The minimum absolute atomic E-state index is 0.170. The molecule has 0 saturated carbocycles. The summed E-state index contributed by atoms with van der Waals surface area (Å²) in [6, 6.07) is 24.0. The van der Waals surface area contributed by atoms with Crippen LogP contribution in [0.4, 0.5) is 5.82 Å². The Labute approximate surface area is 187 Å². The third-order valence-electron chi connectivity index (χ3n) is 5.79. The van der Waals surface area contributed by atoms with Crippen LogP contribution in [0.15, 0.2) is 77.8 Å². The molecule has 2 N–H and O–H groups in total. The van der Waals surface area contributed by atoms with Gasteiger partial charge in [0.25, 0.3) is 0 Å². The Morgan fingerprint density at radius 2 is 1.94 bits per heavy atom. The highest BCUT2D eigenvalue weighted by Crippen LogP contribution is 2.27. The lowest BCUT2D eigenvalue weighted by Crippen LogP contribution is -2.23. The first-order valence-corrected chi connectivity index (χ1v) is 11.9. The van der Waals surface area contributed by atoms with Gasteiger partial charge in [0.05, 0.1) is 11.9 Å². The van der Waals surface area contributed by atoms with Crippen LogP contribution in [0, 0.1) is 0 Å². The van der Waals surface area contributed by atoms with Crippen molar-refractivity contribution >= 4 is 23.2 Å². The number of hydrogen-bond acceptors (Lipinski definition) is 5. The quantitative estimate of drug-likeness (QED) is 0.385. The number of hydrogen-bond donors (Lipinski definition) is 2. The lowest BCUT2D eigenvalue weighted by atomic mass is 10.1. The number of aromatic nitrogens is 3. The van der Waals surface area contributed by atoms with Crippen molar-refractivity contribution in [3.05, 3.63) is 78.5 Å². The standard InChI is InChI=1S/C25H27N5S/c1-18(19-6-3-2-4-7-19)28-24-13-14-25-27-16-23(30(25)29-24)20-9-11-22(12-10-20)31-17-21-8-5-15-26-21/h2-4,6-7,9-14,16,18,21,26H,5,8,15,17H2,1H3,(H,28,29)/t18?,21-/m0/s1. The monoisotopic (exact) mass is 429 g/mol. The van der Waals surface area contributed by atoms with E-state index in [-0.39, 0.29) is 6.04 Å². The molecule has 6 heteroatoms. The van der Waals surface area contributed by atoms with E-state index in [9.17, 15) is 0 Å². The van der Waals surface area contributed by atoms with E-state index in [0.717, 1.165) is 35.0 Å². The van der Waals surface area contributed by atoms with E-state index in [1.54, 1.807) is 0 Å². The molecule has 1 aliphatic rings. The van der Waals surface area contributed by atoms with Gasteiger partial charge in [-0.05, 0) is 56.1 Å². The maximum Gasteiger partial charge on any atom is 0.154 e. The summed E-state index contributed by atoms with van der Waals surface area (Å²) in [6.07, 6.45) is 4.49. The molecule has 5 rings (SSSR count). The number of benzene rings is 2. The van der Waals surface area contributed by atoms with Crippen LogP contribution in [0.2, 0.25) is 0 Å². The second-order valence-electron chi connectivity index (χ2n) is 8.04. The predicted octanol–water partition coefficient (Wildman–Crippen LogP) is 5.41. The Balaban J connectivity index is 1.33. The molecule has 1 unspecified atom stereocenters. The minimum Gasteiger partial charge on any atom is -0.362 e. The van der Waals surface area contributed by atoms with Crippen molar-refractivity contribution in [1.82, 2.24) is 19.9 Å². The van der Waals surface area contributed by atoms with Crippen LogP contribution in [-0.4, -0.2) is 32.9 Å². The van der Waals surface area contributed by atoms with Crippen molar-refractivity contribution in [1.29, 1.82) is 0 Å². The Hall–Kier alpha value is -2.83. The fourth-order valence-corrected chi connectivity index (χ4v) is 5.02. The summed E-state index contributed by atoms with van der Waals surface area (Å²) in [5.74, 6) is 1.96. The van der Waals surface area contributed by atoms with Gasteiger partial charge in [-0.15, -0.1) is 16.9 Å². The molecule has 0 amide bonds. The van der Waals surface area contributed by atoms with E-state index in [1.807, 2.05) is 40.7 Å². The van der Waals surface area contributed by atoms with Crippen molar-refractivity contribution in [3.8, 4) is 11.3 Å². The van der Waals surface area contributed by atoms with Gasteiger partial charge in [0.2, 0.25) is 0 Å². The van der Waals surface area contributed by atoms with Crippen LogP contribution in [0.25, 0.3) is 16.9 Å². The number of fused-ring (bicyclic) bond motifs is 1. The van der Waals surface area contributed by atoms with E-state index in [2.05, 4.69) is 71.1 Å². The first-order chi connectivity index (χ1) is 15.3. The topological polar surface area (TPSA) is 54.2 Å². The molecule has 0 radical (unpaired) electrons. The van der Waals surface area contributed by atoms with E-state index in [0.29, 0.717) is 6.04 Å². The maximum absolute atomic E-state index is 4.82. The van der Waals surface area contributed by atoms with Gasteiger partial charge in [0.1, 0.15) is 5.82 Å². The Morgan fingerprint density at radius 1 is 1.10 bits per heavy atom. The lowest BCUT2D eigenvalue weighted by molar-refractivity contribution is 0.674. The predicted molar refractivity (Wildman–Crippen MR) is 129 cm³/mol. The van der Waals surface area contributed by atoms with Gasteiger partial charge in [-0.25, -0.2) is 9.50 Å². The molecule has 1 fully saturated rings. The summed E-state index contributed by atoms with van der Waals surface area (Å²) in [5.41, 5.74) is 4.20. The van der Waals surface area contributed by atoms with Gasteiger partial charge in [0, 0.05) is 28.3 Å². The fraction of sp³-hybridized carbons (Fsp3) is 0.280. The van der Waals surface area contributed by atoms with Crippen LogP contribution >= 0.6 is 11.8 Å². The number of rotatable bonds is 7. The molecular formula is C25H27N5S. The van der Waals surface area contributed by atoms with Crippen molar-refractivity contribution in [2.75, 3.05) is 17.6 Å². The molecule has 2 aromatic heterocycles. The summed E-state index contributed by atoms with van der Waals surface area (Å²) < 4.78 is 1.92. The molecular weight excluding hydrogens is 402 g/mol. The smallest absolute Gasteiger partial charge is 0.154 e. The van der Waals surface area contributed by atoms with Crippen LogP contribution in [0.1, 0.15) is 31.4 Å². The molecule has 0 spiro atoms. The highest BCUT2D eigenvalue weighted by Gasteiger charge is 2.14. The molecule has 158 valence electrons. The molecule has 2 aromatic carbocycles. The summed E-state index contributed by atoms with van der Waals surface area (Å²) in [4.78, 5) is 5.85. The Morgan fingerprint density at radius 3 is 2.71 bits per heavy atom. The van der Waals surface area contributed by atoms with Gasteiger partial charge in [-0.2, -0.15) is 0 Å². The number of thioether (sulfide) groups is 1. The van der Waals surface area contributed by atoms with E-state index in [4.69, 9.17) is 5.10 Å². The zero-order chi connectivity index (χ0) is 21.0. The molecule has 0 aliphatic carbocycles. The first kappa shape index (κ1) is 20.1. The number of nitrogens with one attached hydrogen (secondary N) is 2. The third-order valence-corrected chi connectivity index (χ3v) is 6.96. The fourth-order valence-electron chi connectivity index (χ4n) is 4.01. The van der Waals surface area contributed by atoms with Crippen LogP contribution in [0.3, 0.4) is 0 Å². The minimum atomic E-state index is 0.170. The molecule has 5 nitrogen and oxygen atoms in total. The molecule has 0 bridgehead atoms. The Kier molecular flexibility index (Phi) is 5.91. The van der Waals surface area contributed by atoms with Crippen molar-refractivity contribution in [2.45, 2.75) is 36.7 Å². The van der Waals surface area contributed by atoms with Gasteiger partial charge >= 0.3 is 0 Å². The highest BCUT2D eigenvalue weighted by molar-refractivity contribution is 7.99. The second kappa shape index (κ2) is 9.12. The largest absolute Gasteiger partial charge is 0.362 e. The average molecular weight is 430 g/mol. The molecule has 3 heterocycles. The van der Waals surface area contributed by atoms with Crippen molar-refractivity contribution < 1.29 is 0 Å². The summed E-state index contributed by atoms with van der Waals surface area (Å²) in [5, 5.41) is 11.9. The first-order valence-electron chi connectivity index (χ1n) is 10.9. The van der Waals surface area contributed by atoms with E-state index in [1.165, 1.54) is 23.3 Å². The van der Waals surface area contributed by atoms with E-state index >= 15 is 0 Å². The third kappa shape index (κ3) is 4.60. The molecule has 31 heavy (non-hydrogen) atoms. The van der Waals surface area contributed by atoms with Gasteiger partial charge < -0.3 is 10.6 Å². The highest BCUT2D eigenvalue weighted by atomic mass is 32.2. The SMILES string of the molecule is CC(Nc1ccc2ncc(-c3ccc(SC[C@@H]4CCCN4)cc3)n2n1)c1ccccc1. The van der Waals surface area contributed by atoms with Gasteiger partial charge in [0.15, 0.2) is 5.65 Å². The normalized spacial score (nSPS) is 17.1. The molecule has 1 aliphatic heterocycles. The van der Waals surface area contributed by atoms with Crippen LogP contribution in [0.5, 0.6) is 0 Å². The van der Waals surface area contributed by atoms with Crippen LogP contribution in [-0.2, 0) is 0 Å². The van der Waals surface area contributed by atoms with Gasteiger partial charge in [-0.1, -0.05) is 42.5 Å². The summed E-state index contributed by atoms with van der Waals surface area (Å²) >= 11 is 1.92. The van der Waals surface area contributed by atoms with Crippen molar-refractivity contribution in [2.24, 2.45) is 0 Å². The Bertz CT molecular complexity index is 1130. The number of imidazole rings is 1. The number of anilines is 1.